The molecule has 0 bridgehead atoms. The van der Waals surface area contributed by atoms with E-state index in [1.165, 1.54) is 6.20 Å². The summed E-state index contributed by atoms with van der Waals surface area (Å²) in [5.41, 5.74) is 0.569. The van der Waals surface area contributed by atoms with Crippen molar-refractivity contribution in [2.45, 2.75) is 6.10 Å². The number of halogens is 3. The largest absolute Gasteiger partial charge is 0.387 e. The first kappa shape index (κ1) is 10.1. The highest BCUT2D eigenvalue weighted by Crippen LogP contribution is 2.23. The quantitative estimate of drug-likeness (QED) is 0.621. The third kappa shape index (κ3) is 2.23. The third-order valence-electron chi connectivity index (χ3n) is 1.35. The normalized spacial score (nSPS) is 13.0. The summed E-state index contributed by atoms with van der Waals surface area (Å²) in [6.07, 6.45) is 0.704. The van der Waals surface area contributed by atoms with Gasteiger partial charge in [0.2, 0.25) is 0 Å². The molecule has 0 spiro atoms. The Balaban J connectivity index is 2.96. The van der Waals surface area contributed by atoms with Gasteiger partial charge in [-0.05, 0) is 6.07 Å². The Bertz CT molecular complexity index is 279. The Morgan fingerprint density at radius 2 is 2.17 bits per heavy atom. The molecule has 66 valence electrons. The van der Waals surface area contributed by atoms with Crippen molar-refractivity contribution in [2.24, 2.45) is 0 Å². The number of pyridine rings is 1. The first-order chi connectivity index (χ1) is 5.65. The fourth-order valence-corrected chi connectivity index (χ4v) is 1.16. The van der Waals surface area contributed by atoms with Crippen LogP contribution in [0.15, 0.2) is 12.3 Å². The van der Waals surface area contributed by atoms with Gasteiger partial charge < -0.3 is 5.11 Å². The molecule has 0 aliphatic rings. The van der Waals surface area contributed by atoms with Gasteiger partial charge in [-0.2, -0.15) is 0 Å². The molecule has 0 saturated heterocycles. The molecule has 1 rings (SSSR count). The summed E-state index contributed by atoms with van der Waals surface area (Å²) < 4.78 is 0. The minimum Gasteiger partial charge on any atom is -0.387 e. The lowest BCUT2D eigenvalue weighted by Crippen LogP contribution is -1.99. The SMILES string of the molecule is OC(CCl)c1cnc(Cl)c(Cl)c1. The van der Waals surface area contributed by atoms with Crippen molar-refractivity contribution in [3.8, 4) is 0 Å². The highest BCUT2D eigenvalue weighted by molar-refractivity contribution is 6.41. The average Bonchev–Trinajstić information content (AvgIpc) is 2.08. The van der Waals surface area contributed by atoms with Crippen LogP contribution in [0.4, 0.5) is 0 Å². The monoisotopic (exact) mass is 225 g/mol. The number of aliphatic hydroxyl groups is 1. The number of nitrogens with zero attached hydrogens (tertiary/aromatic N) is 1. The smallest absolute Gasteiger partial charge is 0.147 e. The Labute approximate surface area is 85.1 Å². The minimum absolute atomic E-state index is 0.111. The van der Waals surface area contributed by atoms with Crippen molar-refractivity contribution in [1.29, 1.82) is 0 Å². The summed E-state index contributed by atoms with van der Waals surface area (Å²) in [7, 11) is 0. The molecule has 1 N–H and O–H groups in total. The Morgan fingerprint density at radius 3 is 2.67 bits per heavy atom. The molecular weight excluding hydrogens is 220 g/mol. The van der Waals surface area contributed by atoms with Gasteiger partial charge in [0.05, 0.1) is 17.0 Å². The van der Waals surface area contributed by atoms with Crippen molar-refractivity contribution < 1.29 is 5.11 Å². The molecule has 1 atom stereocenters. The maximum absolute atomic E-state index is 9.27. The first-order valence-electron chi connectivity index (χ1n) is 3.20. The fraction of sp³-hybridized carbons (Fsp3) is 0.286. The zero-order valence-corrected chi connectivity index (χ0v) is 8.24. The molecule has 1 unspecified atom stereocenters. The maximum atomic E-state index is 9.27. The van der Waals surface area contributed by atoms with Crippen LogP contribution in [-0.4, -0.2) is 16.0 Å². The predicted octanol–water partition coefficient (Wildman–Crippen LogP) is 2.66. The van der Waals surface area contributed by atoms with E-state index in [2.05, 4.69) is 4.98 Å². The van der Waals surface area contributed by atoms with Crippen LogP contribution < -0.4 is 0 Å². The minimum atomic E-state index is -0.742. The van der Waals surface area contributed by atoms with Crippen molar-refractivity contribution in [3.05, 3.63) is 28.0 Å². The van der Waals surface area contributed by atoms with Gasteiger partial charge in [-0.3, -0.25) is 0 Å². The van der Waals surface area contributed by atoms with E-state index < -0.39 is 6.10 Å². The van der Waals surface area contributed by atoms with Crippen LogP contribution in [0, 0.1) is 0 Å². The highest BCUT2D eigenvalue weighted by Gasteiger charge is 2.08. The van der Waals surface area contributed by atoms with Crippen LogP contribution in [0.2, 0.25) is 10.2 Å². The van der Waals surface area contributed by atoms with Crippen LogP contribution in [0.3, 0.4) is 0 Å². The van der Waals surface area contributed by atoms with Gasteiger partial charge in [-0.25, -0.2) is 4.98 Å². The summed E-state index contributed by atoms with van der Waals surface area (Å²) >= 11 is 16.7. The lowest BCUT2D eigenvalue weighted by atomic mass is 10.2. The second-order valence-electron chi connectivity index (χ2n) is 2.21. The molecule has 0 amide bonds. The number of alkyl halides is 1. The van der Waals surface area contributed by atoms with Gasteiger partial charge in [0.15, 0.2) is 0 Å². The standard InChI is InChI=1S/C7H6Cl3NO/c8-2-6(12)4-1-5(9)7(10)11-3-4/h1,3,6,12H,2H2. The Hall–Kier alpha value is -0.0200. The average molecular weight is 226 g/mol. The molecule has 0 radical (unpaired) electrons. The van der Waals surface area contributed by atoms with Crippen molar-refractivity contribution >= 4 is 34.8 Å². The van der Waals surface area contributed by atoms with Gasteiger partial charge in [0.1, 0.15) is 5.15 Å². The molecule has 0 aliphatic carbocycles. The third-order valence-corrected chi connectivity index (χ3v) is 2.33. The fourth-order valence-electron chi connectivity index (χ4n) is 0.707. The maximum Gasteiger partial charge on any atom is 0.147 e. The number of rotatable bonds is 2. The summed E-state index contributed by atoms with van der Waals surface area (Å²) in [6, 6.07) is 1.55. The molecule has 0 aliphatic heterocycles. The van der Waals surface area contributed by atoms with Gasteiger partial charge in [-0.15, -0.1) is 11.6 Å². The van der Waals surface area contributed by atoms with E-state index in [-0.39, 0.29) is 11.0 Å². The second-order valence-corrected chi connectivity index (χ2v) is 3.29. The second kappa shape index (κ2) is 4.28. The van der Waals surface area contributed by atoms with Crippen molar-refractivity contribution in [1.82, 2.24) is 4.98 Å². The summed E-state index contributed by atoms with van der Waals surface area (Å²) in [5, 5.41) is 9.81. The topological polar surface area (TPSA) is 33.1 Å². The van der Waals surface area contributed by atoms with E-state index in [0.29, 0.717) is 10.6 Å². The molecule has 1 heterocycles. The summed E-state index contributed by atoms with van der Waals surface area (Å²) in [6.45, 7) is 0. The van der Waals surface area contributed by atoms with Crippen molar-refractivity contribution in [2.75, 3.05) is 5.88 Å². The lowest BCUT2D eigenvalue weighted by molar-refractivity contribution is 0.202. The number of hydrogen-bond donors (Lipinski definition) is 1. The van der Waals surface area contributed by atoms with E-state index in [9.17, 15) is 5.11 Å². The van der Waals surface area contributed by atoms with Gasteiger partial charge >= 0.3 is 0 Å². The van der Waals surface area contributed by atoms with E-state index in [4.69, 9.17) is 34.8 Å². The molecule has 0 fully saturated rings. The molecule has 12 heavy (non-hydrogen) atoms. The number of hydrogen-bond acceptors (Lipinski definition) is 2. The van der Waals surface area contributed by atoms with Crippen LogP contribution in [0.25, 0.3) is 0 Å². The number of aromatic nitrogens is 1. The van der Waals surface area contributed by atoms with E-state index in [0.717, 1.165) is 0 Å². The number of aliphatic hydroxyl groups excluding tert-OH is 1. The predicted molar refractivity (Wildman–Crippen MR) is 49.9 cm³/mol. The van der Waals surface area contributed by atoms with Crippen LogP contribution >= 0.6 is 34.8 Å². The van der Waals surface area contributed by atoms with Gasteiger partial charge in [0, 0.05) is 11.8 Å². The molecule has 0 saturated carbocycles. The zero-order chi connectivity index (χ0) is 9.14. The highest BCUT2D eigenvalue weighted by atomic mass is 35.5. The summed E-state index contributed by atoms with van der Waals surface area (Å²) in [5.74, 6) is 0.111. The first-order valence-corrected chi connectivity index (χ1v) is 4.49. The van der Waals surface area contributed by atoms with E-state index >= 15 is 0 Å². The van der Waals surface area contributed by atoms with Gasteiger partial charge in [-0.1, -0.05) is 23.2 Å². The molecule has 5 heteroatoms. The molecule has 2 nitrogen and oxygen atoms in total. The molecule has 1 aromatic heterocycles. The molecule has 1 aromatic rings. The lowest BCUT2D eigenvalue weighted by Gasteiger charge is -2.06. The molecule has 0 aromatic carbocycles. The Kier molecular flexibility index (Phi) is 3.59. The van der Waals surface area contributed by atoms with E-state index in [1.807, 2.05) is 0 Å². The van der Waals surface area contributed by atoms with Crippen LogP contribution in [0.5, 0.6) is 0 Å². The van der Waals surface area contributed by atoms with Crippen LogP contribution in [0.1, 0.15) is 11.7 Å². The van der Waals surface area contributed by atoms with E-state index in [1.54, 1.807) is 6.07 Å². The van der Waals surface area contributed by atoms with Crippen LogP contribution in [-0.2, 0) is 0 Å². The van der Waals surface area contributed by atoms with Crippen molar-refractivity contribution in [3.63, 3.8) is 0 Å². The summed E-state index contributed by atoms with van der Waals surface area (Å²) in [4.78, 5) is 3.76. The Morgan fingerprint density at radius 1 is 1.50 bits per heavy atom. The van der Waals surface area contributed by atoms with Gasteiger partial charge in [0.25, 0.3) is 0 Å². The zero-order valence-electron chi connectivity index (χ0n) is 5.97. The molecular formula is C7H6Cl3NO.